The molecule has 288 valence electrons. The van der Waals surface area contributed by atoms with E-state index in [2.05, 4.69) is 6.58 Å². The molecule has 9 nitrogen and oxygen atoms in total. The van der Waals surface area contributed by atoms with E-state index in [4.69, 9.17) is 18.9 Å². The summed E-state index contributed by atoms with van der Waals surface area (Å²) in [5.41, 5.74) is -5.36. The Labute approximate surface area is 310 Å². The van der Waals surface area contributed by atoms with E-state index < -0.39 is 58.6 Å². The Kier molecular flexibility index (Phi) is 13.0. The van der Waals surface area contributed by atoms with Crippen LogP contribution in [0.3, 0.4) is 0 Å². The minimum Gasteiger partial charge on any atom is -0.462 e. The van der Waals surface area contributed by atoms with E-state index in [9.17, 15) is 50.3 Å². The average Bonchev–Trinajstić information content (AvgIpc) is 3.12. The molecule has 0 radical (unpaired) electrons. The summed E-state index contributed by atoms with van der Waals surface area (Å²) >= 11 is 0. The lowest BCUT2D eigenvalue weighted by Crippen LogP contribution is -2.54. The largest absolute Gasteiger partial charge is 0.462 e. The van der Waals surface area contributed by atoms with E-state index in [0.29, 0.717) is 41.8 Å². The van der Waals surface area contributed by atoms with E-state index in [1.165, 1.54) is 43.3 Å². The number of Topliss-reactive ketones (excluding diaryl/α,β-unsaturated/α-hetero) is 1. The smallest absolute Gasteiger partial charge is 0.411 e. The Balaban J connectivity index is 1.47. The topological polar surface area (TPSA) is 122 Å². The van der Waals surface area contributed by atoms with Crippen molar-refractivity contribution in [1.82, 2.24) is 0 Å². The zero-order valence-electron chi connectivity index (χ0n) is 29.2. The van der Waals surface area contributed by atoms with Gasteiger partial charge >= 0.3 is 36.2 Å². The maximum absolute atomic E-state index is 14.7. The molecule has 0 aliphatic rings. The lowest BCUT2D eigenvalue weighted by atomic mass is 9.73. The molecule has 0 spiro atoms. The summed E-state index contributed by atoms with van der Waals surface area (Å²) in [6, 6.07) is 17.0. The predicted molar refractivity (Wildman–Crippen MR) is 183 cm³/mol. The van der Waals surface area contributed by atoms with Crippen LogP contribution in [0.2, 0.25) is 0 Å². The van der Waals surface area contributed by atoms with Crippen molar-refractivity contribution in [3.8, 4) is 11.5 Å². The van der Waals surface area contributed by atoms with Gasteiger partial charge in [-0.1, -0.05) is 55.1 Å². The Morgan fingerprint density at radius 1 is 0.527 bits per heavy atom. The van der Waals surface area contributed by atoms with Gasteiger partial charge in [-0.2, -0.15) is 26.3 Å². The molecule has 4 aromatic carbocycles. The first-order valence-corrected chi connectivity index (χ1v) is 16.3. The molecule has 15 heteroatoms. The number of ether oxygens (including phenoxy) is 4. The van der Waals surface area contributed by atoms with Crippen LogP contribution < -0.4 is 9.47 Å². The van der Waals surface area contributed by atoms with Crippen molar-refractivity contribution < 1.29 is 69.3 Å². The fourth-order valence-electron chi connectivity index (χ4n) is 5.22. The summed E-state index contributed by atoms with van der Waals surface area (Å²) in [5.74, 6) is -4.86. The van der Waals surface area contributed by atoms with Gasteiger partial charge in [0.25, 0.3) is 0 Å². The number of ketones is 1. The molecular weight excluding hydrogens is 738 g/mol. The summed E-state index contributed by atoms with van der Waals surface area (Å²) in [5, 5.41) is 0. The number of rotatable bonds is 14. The lowest BCUT2D eigenvalue weighted by Gasteiger charge is -2.38. The molecule has 0 N–H and O–H groups in total. The first-order chi connectivity index (χ1) is 25.8. The number of esters is 4. The number of benzene rings is 4. The Morgan fingerprint density at radius 2 is 0.873 bits per heavy atom. The Bertz CT molecular complexity index is 1880. The lowest BCUT2D eigenvalue weighted by molar-refractivity contribution is -0.288. The number of carbonyl (C=O) groups excluding carboxylic acids is 5. The molecule has 0 amide bonds. The van der Waals surface area contributed by atoms with Crippen molar-refractivity contribution in [2.45, 2.75) is 44.5 Å². The van der Waals surface area contributed by atoms with Crippen LogP contribution in [0.15, 0.2) is 109 Å². The second kappa shape index (κ2) is 17.3. The van der Waals surface area contributed by atoms with Gasteiger partial charge in [0, 0.05) is 25.3 Å². The van der Waals surface area contributed by atoms with Crippen LogP contribution in [0.5, 0.6) is 11.5 Å². The van der Waals surface area contributed by atoms with Crippen molar-refractivity contribution >= 4 is 29.7 Å². The zero-order chi connectivity index (χ0) is 40.6. The van der Waals surface area contributed by atoms with Crippen LogP contribution in [-0.2, 0) is 42.1 Å². The maximum atomic E-state index is 14.7. The van der Waals surface area contributed by atoms with E-state index in [-0.39, 0.29) is 47.8 Å². The van der Waals surface area contributed by atoms with Gasteiger partial charge in [-0.25, -0.2) is 19.2 Å². The predicted octanol–water partition coefficient (Wildman–Crippen LogP) is 7.87. The molecular formula is C40H32F6O9. The van der Waals surface area contributed by atoms with Crippen LogP contribution >= 0.6 is 0 Å². The third-order valence-electron chi connectivity index (χ3n) is 8.11. The number of hydrogen-bond donors (Lipinski definition) is 0. The molecule has 0 fully saturated rings. The number of carbonyl (C=O) groups is 5. The molecule has 0 saturated heterocycles. The van der Waals surface area contributed by atoms with Gasteiger partial charge in [-0.15, -0.1) is 0 Å². The van der Waals surface area contributed by atoms with Gasteiger partial charge in [0.2, 0.25) is 11.2 Å². The van der Waals surface area contributed by atoms with Crippen LogP contribution in [-0.4, -0.2) is 55.2 Å². The molecule has 55 heavy (non-hydrogen) atoms. The number of hydrogen-bond acceptors (Lipinski definition) is 9. The SMILES string of the molecule is C=C(C)C(=O)OCCc1ccc(C(=O)Oc2ccc(C(c3ccc(OC(=O)c4ccc(CCOC(=O)C(C)=O)cc4)cc3)(C(F)(F)F)C(F)(F)F)cc2)cc1. The molecule has 4 rings (SSSR count). The van der Waals surface area contributed by atoms with Crippen LogP contribution in [0.1, 0.15) is 56.8 Å². The van der Waals surface area contributed by atoms with Crippen molar-refractivity contribution in [3.05, 3.63) is 143 Å². The second-order valence-corrected chi connectivity index (χ2v) is 12.1. The van der Waals surface area contributed by atoms with Crippen molar-refractivity contribution in [2.24, 2.45) is 0 Å². The van der Waals surface area contributed by atoms with Gasteiger partial charge in [-0.3, -0.25) is 4.79 Å². The van der Waals surface area contributed by atoms with E-state index in [1.807, 2.05) is 0 Å². The summed E-state index contributed by atoms with van der Waals surface area (Å²) in [7, 11) is 0. The van der Waals surface area contributed by atoms with E-state index >= 15 is 0 Å². The van der Waals surface area contributed by atoms with Crippen LogP contribution in [0.4, 0.5) is 26.3 Å². The van der Waals surface area contributed by atoms with Gasteiger partial charge in [0.05, 0.1) is 24.3 Å². The van der Waals surface area contributed by atoms with Gasteiger partial charge in [0.15, 0.2) is 0 Å². The molecule has 0 aliphatic heterocycles. The summed E-state index contributed by atoms with van der Waals surface area (Å²) in [6.07, 6.45) is -11.3. The molecule has 0 unspecified atom stereocenters. The maximum Gasteiger partial charge on any atom is 0.411 e. The van der Waals surface area contributed by atoms with E-state index in [0.717, 1.165) is 31.2 Å². The first-order valence-electron chi connectivity index (χ1n) is 16.3. The number of alkyl halides is 6. The highest BCUT2D eigenvalue weighted by atomic mass is 19.4. The normalized spacial score (nSPS) is 11.6. The molecule has 0 aliphatic carbocycles. The van der Waals surface area contributed by atoms with Gasteiger partial charge in [-0.05, 0) is 77.7 Å². The highest BCUT2D eigenvalue weighted by Crippen LogP contribution is 2.56. The second-order valence-electron chi connectivity index (χ2n) is 12.1. The first kappa shape index (κ1) is 41.5. The summed E-state index contributed by atoms with van der Waals surface area (Å²) in [6.45, 7) is 5.99. The van der Waals surface area contributed by atoms with Crippen molar-refractivity contribution in [3.63, 3.8) is 0 Å². The molecule has 0 heterocycles. The molecule has 0 atom stereocenters. The quantitative estimate of drug-likeness (QED) is 0.0415. The highest BCUT2D eigenvalue weighted by molar-refractivity contribution is 6.32. The molecule has 4 aromatic rings. The summed E-state index contributed by atoms with van der Waals surface area (Å²) in [4.78, 5) is 59.1. The minimum absolute atomic E-state index is 0.00472. The standard InChI is InChI=1S/C40H32F6O9/c1-24(2)34(48)52-22-20-26-4-8-28(9-5-26)36(50)54-32-16-12-30(13-17-32)38(39(41,42)43,40(44,45)46)31-14-18-33(19-15-31)55-37(51)29-10-6-27(7-11-29)21-23-53-35(49)25(3)47/h4-19H,1,20-23H2,2-3H3. The van der Waals surface area contributed by atoms with Crippen LogP contribution in [0.25, 0.3) is 0 Å². The Morgan fingerprint density at radius 3 is 1.18 bits per heavy atom. The average molecular weight is 771 g/mol. The minimum atomic E-state index is -5.92. The van der Waals surface area contributed by atoms with E-state index in [1.54, 1.807) is 12.1 Å². The molecule has 0 bridgehead atoms. The molecule has 0 saturated carbocycles. The summed E-state index contributed by atoms with van der Waals surface area (Å²) < 4.78 is 108. The fraction of sp³-hybridized carbons (Fsp3) is 0.225. The van der Waals surface area contributed by atoms with Gasteiger partial charge < -0.3 is 18.9 Å². The van der Waals surface area contributed by atoms with Crippen molar-refractivity contribution in [1.29, 1.82) is 0 Å². The fourth-order valence-corrected chi connectivity index (χ4v) is 5.22. The molecule has 0 aromatic heterocycles. The van der Waals surface area contributed by atoms with Gasteiger partial charge in [0.1, 0.15) is 11.5 Å². The Hall–Kier alpha value is -6.25. The number of halogens is 6. The van der Waals surface area contributed by atoms with Crippen molar-refractivity contribution in [2.75, 3.05) is 13.2 Å². The zero-order valence-corrected chi connectivity index (χ0v) is 29.2. The third-order valence-corrected chi connectivity index (χ3v) is 8.11. The monoisotopic (exact) mass is 770 g/mol. The highest BCUT2D eigenvalue weighted by Gasteiger charge is 2.72. The third kappa shape index (κ3) is 10.0. The van der Waals surface area contributed by atoms with Crippen LogP contribution in [0, 0.1) is 0 Å².